The Kier molecular flexibility index (Phi) is 3.55. The van der Waals surface area contributed by atoms with Crippen LogP contribution in [0.5, 0.6) is 0 Å². The van der Waals surface area contributed by atoms with Crippen LogP contribution in [0.2, 0.25) is 0 Å². The molecule has 5 nitrogen and oxygen atoms in total. The number of rotatable bonds is 2. The molecule has 3 rings (SSSR count). The number of nitrogens with one attached hydrogen (secondary N) is 1. The van der Waals surface area contributed by atoms with Crippen LogP contribution in [-0.2, 0) is 11.2 Å². The van der Waals surface area contributed by atoms with Crippen molar-refractivity contribution in [3.05, 3.63) is 59.7 Å². The van der Waals surface area contributed by atoms with E-state index in [-0.39, 0.29) is 6.03 Å². The number of hydrogen-bond donors (Lipinski definition) is 2. The predicted molar refractivity (Wildman–Crippen MR) is 85.8 cm³/mol. The zero-order valence-electron chi connectivity index (χ0n) is 12.2. The highest BCUT2D eigenvalue weighted by molar-refractivity contribution is 6.08. The number of aryl methyl sites for hydroxylation is 1. The fourth-order valence-electron chi connectivity index (χ4n) is 2.69. The second-order valence-electron chi connectivity index (χ2n) is 5.42. The summed E-state index contributed by atoms with van der Waals surface area (Å²) >= 11 is 0. The molecule has 1 unspecified atom stereocenters. The van der Waals surface area contributed by atoms with E-state index in [0.717, 1.165) is 16.8 Å². The Labute approximate surface area is 128 Å². The largest absolute Gasteiger partial charge is 0.368 e. The van der Waals surface area contributed by atoms with Crippen LogP contribution < -0.4 is 16.0 Å². The van der Waals surface area contributed by atoms with E-state index >= 15 is 0 Å². The number of fused-ring (bicyclic) bond motifs is 1. The number of benzene rings is 2. The van der Waals surface area contributed by atoms with Gasteiger partial charge in [0.25, 0.3) is 0 Å². The van der Waals surface area contributed by atoms with Crippen LogP contribution in [-0.4, -0.2) is 18.0 Å². The van der Waals surface area contributed by atoms with Gasteiger partial charge in [0, 0.05) is 17.8 Å². The summed E-state index contributed by atoms with van der Waals surface area (Å²) in [6.07, 6.45) is 0.451. The topological polar surface area (TPSA) is 75.4 Å². The van der Waals surface area contributed by atoms with Gasteiger partial charge in [-0.1, -0.05) is 35.9 Å². The predicted octanol–water partition coefficient (Wildman–Crippen LogP) is 2.44. The van der Waals surface area contributed by atoms with Crippen LogP contribution in [0.3, 0.4) is 0 Å². The lowest BCUT2D eigenvalue weighted by molar-refractivity contribution is -0.119. The molecule has 1 aliphatic heterocycles. The van der Waals surface area contributed by atoms with E-state index in [1.54, 1.807) is 0 Å². The third kappa shape index (κ3) is 2.53. The maximum Gasteiger partial charge on any atom is 0.327 e. The number of hydrogen-bond acceptors (Lipinski definition) is 2. The molecule has 112 valence electrons. The van der Waals surface area contributed by atoms with Crippen molar-refractivity contribution in [3.8, 4) is 0 Å². The molecule has 2 aromatic rings. The molecule has 1 heterocycles. The van der Waals surface area contributed by atoms with Gasteiger partial charge >= 0.3 is 6.03 Å². The van der Waals surface area contributed by atoms with Crippen LogP contribution >= 0.6 is 0 Å². The quantitative estimate of drug-likeness (QED) is 0.893. The lowest BCUT2D eigenvalue weighted by Gasteiger charge is -2.23. The fraction of sp³-hybridized carbons (Fsp3) is 0.176. The Hall–Kier alpha value is -2.82. The Bertz CT molecular complexity index is 725. The number of para-hydroxylation sites is 1. The molecule has 0 saturated carbocycles. The van der Waals surface area contributed by atoms with E-state index < -0.39 is 11.9 Å². The lowest BCUT2D eigenvalue weighted by Crippen LogP contribution is -2.47. The summed E-state index contributed by atoms with van der Waals surface area (Å²) in [7, 11) is 0. The van der Waals surface area contributed by atoms with Crippen molar-refractivity contribution in [2.45, 2.75) is 19.4 Å². The van der Waals surface area contributed by atoms with Crippen LogP contribution in [0.15, 0.2) is 48.5 Å². The Morgan fingerprint density at radius 3 is 2.50 bits per heavy atom. The maximum atomic E-state index is 12.6. The first-order chi connectivity index (χ1) is 10.6. The van der Waals surface area contributed by atoms with E-state index in [9.17, 15) is 9.59 Å². The van der Waals surface area contributed by atoms with Gasteiger partial charge in [0.2, 0.25) is 5.91 Å². The highest BCUT2D eigenvalue weighted by Crippen LogP contribution is 2.32. The summed E-state index contributed by atoms with van der Waals surface area (Å²) < 4.78 is 0. The van der Waals surface area contributed by atoms with Crippen molar-refractivity contribution in [3.63, 3.8) is 0 Å². The van der Waals surface area contributed by atoms with Gasteiger partial charge in [0.15, 0.2) is 0 Å². The molecule has 0 aliphatic carbocycles. The van der Waals surface area contributed by atoms with Crippen molar-refractivity contribution in [2.24, 2.45) is 5.73 Å². The van der Waals surface area contributed by atoms with Crippen molar-refractivity contribution in [2.75, 3.05) is 10.2 Å². The minimum absolute atomic E-state index is 0.349. The zero-order valence-corrected chi connectivity index (χ0v) is 12.2. The average molecular weight is 295 g/mol. The highest BCUT2D eigenvalue weighted by atomic mass is 16.2. The molecule has 1 atom stereocenters. The van der Waals surface area contributed by atoms with Gasteiger partial charge in [-0.15, -0.1) is 0 Å². The maximum absolute atomic E-state index is 12.6. The first-order valence-electron chi connectivity index (χ1n) is 7.10. The Morgan fingerprint density at radius 1 is 1.14 bits per heavy atom. The number of urea groups is 1. The number of nitrogens with zero attached hydrogens (tertiary/aromatic N) is 1. The van der Waals surface area contributed by atoms with Gasteiger partial charge in [0.05, 0.1) is 0 Å². The second-order valence-corrected chi connectivity index (χ2v) is 5.42. The van der Waals surface area contributed by atoms with Gasteiger partial charge in [-0.2, -0.15) is 0 Å². The van der Waals surface area contributed by atoms with Gasteiger partial charge in [-0.25, -0.2) is 4.79 Å². The van der Waals surface area contributed by atoms with Gasteiger partial charge in [0.1, 0.15) is 6.04 Å². The van der Waals surface area contributed by atoms with E-state index in [2.05, 4.69) is 5.32 Å². The van der Waals surface area contributed by atoms with Gasteiger partial charge in [-0.05, 0) is 30.7 Å². The minimum Gasteiger partial charge on any atom is -0.368 e. The molecular formula is C17H17N3O2. The molecule has 0 aromatic heterocycles. The van der Waals surface area contributed by atoms with E-state index in [4.69, 9.17) is 5.73 Å². The molecule has 5 heteroatoms. The average Bonchev–Trinajstić information content (AvgIpc) is 2.89. The minimum atomic E-state index is -0.650. The van der Waals surface area contributed by atoms with E-state index in [1.807, 2.05) is 55.5 Å². The zero-order chi connectivity index (χ0) is 15.7. The van der Waals surface area contributed by atoms with E-state index in [0.29, 0.717) is 12.1 Å². The number of carbonyl (C=O) groups is 2. The third-order valence-electron chi connectivity index (χ3n) is 3.83. The number of primary amides is 1. The standard InChI is InChI=1S/C17H17N3O2/c1-11-6-8-13(9-7-11)19-17(22)20-14-5-3-2-4-12(14)10-15(20)16(18)21/h2-9,15H,10H2,1H3,(H2,18,21)(H,19,22). The third-order valence-corrected chi connectivity index (χ3v) is 3.83. The SMILES string of the molecule is Cc1ccc(NC(=O)N2c3ccccc3CC2C(N)=O)cc1. The number of nitrogens with two attached hydrogens (primary N) is 1. The van der Waals surface area contributed by atoms with Crippen LogP contribution in [0.1, 0.15) is 11.1 Å². The van der Waals surface area contributed by atoms with Gasteiger partial charge in [-0.3, -0.25) is 9.69 Å². The molecular weight excluding hydrogens is 278 g/mol. The summed E-state index contributed by atoms with van der Waals surface area (Å²) in [5, 5.41) is 2.82. The van der Waals surface area contributed by atoms with Crippen LogP contribution in [0.25, 0.3) is 0 Å². The molecule has 2 aromatic carbocycles. The van der Waals surface area contributed by atoms with Crippen molar-refractivity contribution >= 4 is 23.3 Å². The summed E-state index contributed by atoms with van der Waals surface area (Å²) in [6.45, 7) is 1.98. The summed E-state index contributed by atoms with van der Waals surface area (Å²) in [4.78, 5) is 25.7. The lowest BCUT2D eigenvalue weighted by atomic mass is 10.1. The van der Waals surface area contributed by atoms with Crippen molar-refractivity contribution in [1.82, 2.24) is 0 Å². The normalized spacial score (nSPS) is 16.2. The molecule has 3 N–H and O–H groups in total. The summed E-state index contributed by atoms with van der Waals surface area (Å²) in [5.41, 5.74) is 8.93. The smallest absolute Gasteiger partial charge is 0.327 e. The second kappa shape index (κ2) is 5.52. The number of carbonyl (C=O) groups excluding carboxylic acids is 2. The number of anilines is 2. The summed E-state index contributed by atoms with van der Waals surface area (Å²) in [6, 6.07) is 14.0. The van der Waals surface area contributed by atoms with Crippen LogP contribution in [0.4, 0.5) is 16.2 Å². The van der Waals surface area contributed by atoms with Crippen molar-refractivity contribution < 1.29 is 9.59 Å². The molecule has 0 fully saturated rings. The van der Waals surface area contributed by atoms with Crippen molar-refractivity contribution in [1.29, 1.82) is 0 Å². The molecule has 0 saturated heterocycles. The fourth-order valence-corrected chi connectivity index (χ4v) is 2.69. The molecule has 3 amide bonds. The molecule has 0 bridgehead atoms. The first kappa shape index (κ1) is 14.1. The number of amides is 3. The summed E-state index contributed by atoms with van der Waals surface area (Å²) in [5.74, 6) is -0.504. The monoisotopic (exact) mass is 295 g/mol. The van der Waals surface area contributed by atoms with Gasteiger partial charge < -0.3 is 11.1 Å². The molecule has 1 aliphatic rings. The van der Waals surface area contributed by atoms with E-state index in [1.165, 1.54) is 4.90 Å². The highest BCUT2D eigenvalue weighted by Gasteiger charge is 2.37. The molecule has 0 radical (unpaired) electrons. The first-order valence-corrected chi connectivity index (χ1v) is 7.10. The van der Waals surface area contributed by atoms with Crippen LogP contribution in [0, 0.1) is 6.92 Å². The Balaban J connectivity index is 1.88. The Morgan fingerprint density at radius 2 is 1.82 bits per heavy atom. The molecule has 0 spiro atoms. The molecule has 22 heavy (non-hydrogen) atoms.